The Kier molecular flexibility index (Phi) is 2.65. The third kappa shape index (κ3) is 2.03. The van der Waals surface area contributed by atoms with E-state index in [0.717, 1.165) is 25.8 Å². The number of ether oxygens (including phenoxy) is 1. The number of nitrogens with zero attached hydrogens (tertiary/aromatic N) is 1. The van der Waals surface area contributed by atoms with E-state index >= 15 is 0 Å². The van der Waals surface area contributed by atoms with Crippen LogP contribution in [0.15, 0.2) is 0 Å². The van der Waals surface area contributed by atoms with Gasteiger partial charge in [-0.05, 0) is 40.0 Å². The molecule has 2 rings (SSSR count). The first kappa shape index (κ1) is 11.7. The van der Waals surface area contributed by atoms with Crippen molar-refractivity contribution in [2.24, 2.45) is 11.1 Å². The van der Waals surface area contributed by atoms with Gasteiger partial charge in [-0.25, -0.2) is 4.79 Å². The van der Waals surface area contributed by atoms with Gasteiger partial charge in [0.2, 0.25) is 0 Å². The maximum atomic E-state index is 12.0. The molecule has 0 bridgehead atoms. The zero-order valence-corrected chi connectivity index (χ0v) is 10.5. The van der Waals surface area contributed by atoms with Crippen LogP contribution >= 0.6 is 0 Å². The molecule has 2 fully saturated rings. The number of hydrogen-bond donors (Lipinski definition) is 1. The van der Waals surface area contributed by atoms with Crippen LogP contribution in [0.1, 0.15) is 40.0 Å². The zero-order valence-electron chi connectivity index (χ0n) is 10.5. The molecule has 0 radical (unpaired) electrons. The average molecular weight is 226 g/mol. The topological polar surface area (TPSA) is 55.6 Å². The average Bonchev–Trinajstić information content (AvgIpc) is 2.89. The Bertz CT molecular complexity index is 298. The molecule has 1 saturated carbocycles. The molecule has 0 aromatic rings. The summed E-state index contributed by atoms with van der Waals surface area (Å²) in [6, 6.07) is 0.334. The fraction of sp³-hybridized carbons (Fsp3) is 0.917. The van der Waals surface area contributed by atoms with Gasteiger partial charge in [0.25, 0.3) is 0 Å². The quantitative estimate of drug-likeness (QED) is 0.741. The number of rotatable bonds is 1. The van der Waals surface area contributed by atoms with Crippen LogP contribution in [0.3, 0.4) is 0 Å². The van der Waals surface area contributed by atoms with Gasteiger partial charge in [-0.3, -0.25) is 0 Å². The third-order valence-electron chi connectivity index (χ3n) is 3.63. The number of piperidine rings is 1. The van der Waals surface area contributed by atoms with Gasteiger partial charge in [0, 0.05) is 24.5 Å². The molecule has 2 aliphatic rings. The van der Waals surface area contributed by atoms with Crippen LogP contribution in [0.2, 0.25) is 0 Å². The van der Waals surface area contributed by atoms with Crippen molar-refractivity contribution in [2.45, 2.75) is 51.7 Å². The summed E-state index contributed by atoms with van der Waals surface area (Å²) in [6.07, 6.45) is 3.09. The molecule has 1 aliphatic carbocycles. The summed E-state index contributed by atoms with van der Waals surface area (Å²) in [6.45, 7) is 7.21. The van der Waals surface area contributed by atoms with Gasteiger partial charge in [-0.2, -0.15) is 0 Å². The van der Waals surface area contributed by atoms with E-state index in [1.807, 2.05) is 25.7 Å². The van der Waals surface area contributed by atoms with Crippen LogP contribution in [0.25, 0.3) is 0 Å². The number of carbonyl (C=O) groups is 1. The highest BCUT2D eigenvalue weighted by atomic mass is 16.6. The number of fused-ring (bicyclic) bond motifs is 1. The van der Waals surface area contributed by atoms with Crippen LogP contribution in [0, 0.1) is 5.41 Å². The second kappa shape index (κ2) is 3.62. The van der Waals surface area contributed by atoms with Gasteiger partial charge in [-0.1, -0.05) is 0 Å². The molecule has 2 unspecified atom stereocenters. The van der Waals surface area contributed by atoms with E-state index in [2.05, 4.69) is 0 Å². The molecule has 16 heavy (non-hydrogen) atoms. The van der Waals surface area contributed by atoms with Crippen molar-refractivity contribution >= 4 is 6.09 Å². The van der Waals surface area contributed by atoms with Crippen LogP contribution in [0.5, 0.6) is 0 Å². The highest BCUT2D eigenvalue weighted by molar-refractivity contribution is 5.69. The second-order valence-electron chi connectivity index (χ2n) is 6.06. The SMILES string of the molecule is CC(C)(C)OC(=O)N1CCCC2(CN)CC12. The lowest BCUT2D eigenvalue weighted by Gasteiger charge is -2.33. The molecule has 1 aliphatic heterocycles. The molecule has 2 N–H and O–H groups in total. The molecule has 2 atom stereocenters. The Hall–Kier alpha value is -0.770. The van der Waals surface area contributed by atoms with E-state index in [4.69, 9.17) is 10.5 Å². The summed E-state index contributed by atoms with van der Waals surface area (Å²) in [4.78, 5) is 13.8. The molecule has 92 valence electrons. The molecular weight excluding hydrogens is 204 g/mol. The first-order valence-corrected chi connectivity index (χ1v) is 6.08. The molecule has 0 aromatic heterocycles. The molecule has 4 heteroatoms. The number of nitrogens with two attached hydrogens (primary N) is 1. The minimum absolute atomic E-state index is 0.174. The molecule has 1 amide bonds. The van der Waals surface area contributed by atoms with E-state index in [9.17, 15) is 4.79 Å². The smallest absolute Gasteiger partial charge is 0.410 e. The fourth-order valence-corrected chi connectivity index (χ4v) is 2.65. The lowest BCUT2D eigenvalue weighted by molar-refractivity contribution is 0.0160. The summed E-state index contributed by atoms with van der Waals surface area (Å²) in [5.74, 6) is 0. The standard InChI is InChI=1S/C12H22N2O2/c1-11(2,3)16-10(15)14-6-4-5-12(8-13)7-9(12)14/h9H,4-8,13H2,1-3H3. The van der Waals surface area contributed by atoms with Crippen LogP contribution in [-0.4, -0.2) is 35.7 Å². The predicted octanol–water partition coefficient (Wildman–Crippen LogP) is 1.73. The summed E-state index contributed by atoms with van der Waals surface area (Å²) in [5.41, 5.74) is 5.60. The first-order chi connectivity index (χ1) is 7.38. The predicted molar refractivity (Wildman–Crippen MR) is 62.1 cm³/mol. The molecule has 0 spiro atoms. The number of likely N-dealkylation sites (tertiary alicyclic amines) is 1. The van der Waals surface area contributed by atoms with Gasteiger partial charge in [0.1, 0.15) is 5.60 Å². The Morgan fingerprint density at radius 1 is 1.56 bits per heavy atom. The summed E-state index contributed by atoms with van der Waals surface area (Å²) >= 11 is 0. The van der Waals surface area contributed by atoms with Crippen molar-refractivity contribution < 1.29 is 9.53 Å². The monoisotopic (exact) mass is 226 g/mol. The van der Waals surface area contributed by atoms with Crippen molar-refractivity contribution in [2.75, 3.05) is 13.1 Å². The maximum Gasteiger partial charge on any atom is 0.410 e. The van der Waals surface area contributed by atoms with Gasteiger partial charge in [-0.15, -0.1) is 0 Å². The molecule has 1 saturated heterocycles. The summed E-state index contributed by atoms with van der Waals surface area (Å²) in [7, 11) is 0. The minimum atomic E-state index is -0.408. The van der Waals surface area contributed by atoms with Gasteiger partial charge in [0.05, 0.1) is 0 Å². The van der Waals surface area contributed by atoms with Gasteiger partial charge < -0.3 is 15.4 Å². The Labute approximate surface area is 97.1 Å². The highest BCUT2D eigenvalue weighted by Crippen LogP contribution is 2.55. The van der Waals surface area contributed by atoms with E-state index in [0.29, 0.717) is 12.6 Å². The van der Waals surface area contributed by atoms with E-state index in [-0.39, 0.29) is 11.5 Å². The Balaban J connectivity index is 1.98. The normalized spacial score (nSPS) is 33.2. The lowest BCUT2D eigenvalue weighted by Crippen LogP contribution is -2.44. The van der Waals surface area contributed by atoms with Crippen LogP contribution in [-0.2, 0) is 4.74 Å². The number of hydrogen-bond acceptors (Lipinski definition) is 3. The molecule has 1 heterocycles. The third-order valence-corrected chi connectivity index (χ3v) is 3.63. The van der Waals surface area contributed by atoms with Crippen molar-refractivity contribution in [3.05, 3.63) is 0 Å². The highest BCUT2D eigenvalue weighted by Gasteiger charge is 2.59. The maximum absolute atomic E-state index is 12.0. The first-order valence-electron chi connectivity index (χ1n) is 6.08. The lowest BCUT2D eigenvalue weighted by atomic mass is 9.96. The van der Waals surface area contributed by atoms with E-state index in [1.54, 1.807) is 0 Å². The van der Waals surface area contributed by atoms with Crippen molar-refractivity contribution in [3.8, 4) is 0 Å². The second-order valence-corrected chi connectivity index (χ2v) is 6.06. The Morgan fingerprint density at radius 3 is 2.81 bits per heavy atom. The Morgan fingerprint density at radius 2 is 2.25 bits per heavy atom. The molecular formula is C12H22N2O2. The van der Waals surface area contributed by atoms with Crippen molar-refractivity contribution in [1.29, 1.82) is 0 Å². The van der Waals surface area contributed by atoms with Crippen LogP contribution < -0.4 is 5.73 Å². The zero-order chi connectivity index (χ0) is 12.0. The summed E-state index contributed by atoms with van der Waals surface area (Å²) < 4.78 is 5.41. The van der Waals surface area contributed by atoms with E-state index in [1.165, 1.54) is 0 Å². The molecule has 0 aromatic carbocycles. The van der Waals surface area contributed by atoms with Gasteiger partial charge >= 0.3 is 6.09 Å². The minimum Gasteiger partial charge on any atom is -0.444 e. The fourth-order valence-electron chi connectivity index (χ4n) is 2.65. The number of amides is 1. The largest absolute Gasteiger partial charge is 0.444 e. The van der Waals surface area contributed by atoms with Gasteiger partial charge in [0.15, 0.2) is 0 Å². The van der Waals surface area contributed by atoms with E-state index < -0.39 is 5.60 Å². The number of carbonyl (C=O) groups excluding carboxylic acids is 1. The van der Waals surface area contributed by atoms with Crippen molar-refractivity contribution in [3.63, 3.8) is 0 Å². The van der Waals surface area contributed by atoms with Crippen molar-refractivity contribution in [1.82, 2.24) is 4.90 Å². The summed E-state index contributed by atoms with van der Waals surface area (Å²) in [5, 5.41) is 0. The molecule has 4 nitrogen and oxygen atoms in total. The van der Waals surface area contributed by atoms with Crippen LogP contribution in [0.4, 0.5) is 4.79 Å².